The van der Waals surface area contributed by atoms with Crippen molar-refractivity contribution in [3.8, 4) is 0 Å². The molecule has 1 fully saturated rings. The van der Waals surface area contributed by atoms with E-state index in [9.17, 15) is 5.11 Å². The van der Waals surface area contributed by atoms with Gasteiger partial charge in [0.05, 0.1) is 12.2 Å². The van der Waals surface area contributed by atoms with Crippen molar-refractivity contribution < 1.29 is 19.0 Å². The number of aliphatic hydroxyl groups is 1. The molecular weight excluding hydrogens is 452 g/mol. The summed E-state index contributed by atoms with van der Waals surface area (Å²) in [4.78, 5) is 0. The molecule has 35 heavy (non-hydrogen) atoms. The van der Waals surface area contributed by atoms with E-state index in [4.69, 9.17) is 13.9 Å². The summed E-state index contributed by atoms with van der Waals surface area (Å²) in [6, 6.07) is 21.0. The maximum Gasteiger partial charge on any atom is 0.261 e. The number of benzene rings is 2. The van der Waals surface area contributed by atoms with E-state index in [2.05, 4.69) is 82.5 Å². The molecule has 3 rings (SSSR count). The van der Waals surface area contributed by atoms with Crippen molar-refractivity contribution in [2.24, 2.45) is 0 Å². The molecule has 1 heterocycles. The molecule has 1 N–H and O–H groups in total. The summed E-state index contributed by atoms with van der Waals surface area (Å²) in [6.07, 6.45) is 3.83. The maximum absolute atomic E-state index is 11.1. The van der Waals surface area contributed by atoms with Crippen LogP contribution >= 0.6 is 0 Å². The quantitative estimate of drug-likeness (QED) is 0.373. The van der Waals surface area contributed by atoms with Gasteiger partial charge in [0.1, 0.15) is 17.8 Å². The van der Waals surface area contributed by atoms with Gasteiger partial charge >= 0.3 is 0 Å². The first-order chi connectivity index (χ1) is 16.5. The molecule has 0 aliphatic carbocycles. The fourth-order valence-corrected chi connectivity index (χ4v) is 10.0. The van der Waals surface area contributed by atoms with Crippen LogP contribution in [0.5, 0.6) is 0 Å². The van der Waals surface area contributed by atoms with Gasteiger partial charge in [-0.3, -0.25) is 0 Å². The maximum atomic E-state index is 11.1. The summed E-state index contributed by atoms with van der Waals surface area (Å²) < 4.78 is 19.9. The van der Waals surface area contributed by atoms with Gasteiger partial charge in [-0.2, -0.15) is 0 Å². The van der Waals surface area contributed by atoms with Crippen LogP contribution < -0.4 is 10.4 Å². The summed E-state index contributed by atoms with van der Waals surface area (Å²) in [5.74, 6) is 0. The van der Waals surface area contributed by atoms with E-state index in [-0.39, 0.29) is 17.7 Å². The summed E-state index contributed by atoms with van der Waals surface area (Å²) >= 11 is 0. The molecule has 4 atom stereocenters. The van der Waals surface area contributed by atoms with Gasteiger partial charge in [-0.1, -0.05) is 93.6 Å². The normalized spacial score (nSPS) is 23.8. The van der Waals surface area contributed by atoms with Crippen LogP contribution in [0.15, 0.2) is 86.0 Å². The van der Waals surface area contributed by atoms with Crippen LogP contribution in [-0.4, -0.2) is 50.0 Å². The zero-order chi connectivity index (χ0) is 25.7. The largest absolute Gasteiger partial charge is 0.404 e. The minimum absolute atomic E-state index is 0.183. The van der Waals surface area contributed by atoms with Crippen LogP contribution in [0.4, 0.5) is 0 Å². The molecule has 1 aliphatic heterocycles. The van der Waals surface area contributed by atoms with E-state index >= 15 is 0 Å². The minimum Gasteiger partial charge on any atom is -0.404 e. The molecule has 5 heteroatoms. The third kappa shape index (κ3) is 5.55. The zero-order valence-corrected chi connectivity index (χ0v) is 23.0. The van der Waals surface area contributed by atoms with E-state index in [0.29, 0.717) is 6.61 Å². The molecule has 4 nitrogen and oxygen atoms in total. The molecule has 1 saturated heterocycles. The Kier molecular flexibility index (Phi) is 8.61. The standard InChI is InChI=1S/C30H42O4Si/c1-8-26(31)30(7,34-29(6)21-16-22-32-27(29)9-2)23-33-35(28(3,4)5,24-17-12-10-13-18-24)25-19-14-11-15-20-25/h8-15,17-20,26-27,31H,1-2,16,21-23H2,3-7H3/t26?,27-,29+,30-/m1/s1. The number of ether oxygens (including phenoxy) is 2. The first-order valence-corrected chi connectivity index (χ1v) is 14.4. The topological polar surface area (TPSA) is 47.9 Å². The third-order valence-electron chi connectivity index (χ3n) is 7.24. The Morgan fingerprint density at radius 2 is 1.60 bits per heavy atom. The van der Waals surface area contributed by atoms with Crippen LogP contribution in [0.25, 0.3) is 0 Å². The Balaban J connectivity index is 2.07. The summed E-state index contributed by atoms with van der Waals surface area (Å²) in [5, 5.41) is 13.3. The molecule has 1 aliphatic rings. The van der Waals surface area contributed by atoms with Crippen molar-refractivity contribution in [1.82, 2.24) is 0 Å². The summed E-state index contributed by atoms with van der Waals surface area (Å²) in [6.45, 7) is 19.4. The molecule has 0 amide bonds. The Bertz CT molecular complexity index is 931. The molecule has 0 saturated carbocycles. The van der Waals surface area contributed by atoms with E-state index in [0.717, 1.165) is 12.8 Å². The molecule has 0 spiro atoms. The molecule has 2 aromatic rings. The number of hydrogen-bond acceptors (Lipinski definition) is 4. The summed E-state index contributed by atoms with van der Waals surface area (Å²) in [7, 11) is -2.81. The fraction of sp³-hybridized carbons (Fsp3) is 0.467. The highest BCUT2D eigenvalue weighted by Crippen LogP contribution is 2.40. The monoisotopic (exact) mass is 494 g/mol. The second kappa shape index (κ2) is 10.9. The first kappa shape index (κ1) is 27.6. The van der Waals surface area contributed by atoms with Crippen LogP contribution in [0.3, 0.4) is 0 Å². The highest BCUT2D eigenvalue weighted by molar-refractivity contribution is 6.99. The molecule has 190 valence electrons. The van der Waals surface area contributed by atoms with Crippen LogP contribution in [0, 0.1) is 0 Å². The van der Waals surface area contributed by atoms with Crippen molar-refractivity contribution in [2.45, 2.75) is 75.9 Å². The van der Waals surface area contributed by atoms with Gasteiger partial charge in [-0.25, -0.2) is 0 Å². The van der Waals surface area contributed by atoms with E-state index in [1.54, 1.807) is 6.08 Å². The van der Waals surface area contributed by atoms with Crippen LogP contribution in [-0.2, 0) is 13.9 Å². The van der Waals surface area contributed by atoms with E-state index in [1.165, 1.54) is 16.4 Å². The molecular formula is C30H42O4Si. The molecule has 0 aromatic heterocycles. The first-order valence-electron chi connectivity index (χ1n) is 12.5. The second-order valence-electron chi connectivity index (χ2n) is 11.0. The fourth-order valence-electron chi connectivity index (χ4n) is 5.35. The molecule has 0 radical (unpaired) electrons. The van der Waals surface area contributed by atoms with Crippen LogP contribution in [0.2, 0.25) is 5.04 Å². The van der Waals surface area contributed by atoms with Gasteiger partial charge in [0.15, 0.2) is 0 Å². The van der Waals surface area contributed by atoms with Gasteiger partial charge in [-0.15, -0.1) is 13.2 Å². The average Bonchev–Trinajstić information content (AvgIpc) is 2.84. The van der Waals surface area contributed by atoms with Crippen molar-refractivity contribution in [1.29, 1.82) is 0 Å². The Labute approximate surface area is 212 Å². The highest BCUT2D eigenvalue weighted by atomic mass is 28.4. The van der Waals surface area contributed by atoms with Gasteiger partial charge in [0.2, 0.25) is 0 Å². The predicted octanol–water partition coefficient (Wildman–Crippen LogP) is 5.01. The van der Waals surface area contributed by atoms with Crippen molar-refractivity contribution >= 4 is 18.7 Å². The third-order valence-corrected chi connectivity index (χ3v) is 12.2. The second-order valence-corrected chi connectivity index (χ2v) is 15.3. The Hall–Kier alpha value is -2.02. The zero-order valence-electron chi connectivity index (χ0n) is 22.0. The van der Waals surface area contributed by atoms with E-state index < -0.39 is 25.6 Å². The Morgan fingerprint density at radius 1 is 1.06 bits per heavy atom. The number of hydrogen-bond donors (Lipinski definition) is 1. The lowest BCUT2D eigenvalue weighted by Gasteiger charge is -2.49. The van der Waals surface area contributed by atoms with Gasteiger partial charge in [0, 0.05) is 6.61 Å². The lowest BCUT2D eigenvalue weighted by Crippen LogP contribution is -2.68. The molecule has 2 aromatic carbocycles. The lowest BCUT2D eigenvalue weighted by molar-refractivity contribution is -0.236. The van der Waals surface area contributed by atoms with Gasteiger partial charge in [-0.05, 0) is 42.1 Å². The number of aliphatic hydroxyl groups excluding tert-OH is 1. The predicted molar refractivity (Wildman–Crippen MR) is 147 cm³/mol. The van der Waals surface area contributed by atoms with Gasteiger partial charge in [0.25, 0.3) is 8.32 Å². The minimum atomic E-state index is -2.81. The highest BCUT2D eigenvalue weighted by Gasteiger charge is 2.53. The molecule has 0 bridgehead atoms. The SMILES string of the molecule is C=CC(O)[C@@](C)(CO[Si](c1ccccc1)(c1ccccc1)C(C)(C)C)O[C@@]1(C)CCCO[C@@H]1C=C. The number of rotatable bonds is 10. The van der Waals surface area contributed by atoms with Crippen molar-refractivity contribution in [2.75, 3.05) is 13.2 Å². The van der Waals surface area contributed by atoms with E-state index in [1.807, 2.05) is 26.0 Å². The lowest BCUT2D eigenvalue weighted by atomic mass is 9.88. The van der Waals surface area contributed by atoms with Crippen LogP contribution in [0.1, 0.15) is 47.5 Å². The Morgan fingerprint density at radius 3 is 2.06 bits per heavy atom. The summed E-state index contributed by atoms with van der Waals surface area (Å²) in [5.41, 5.74) is -1.67. The smallest absolute Gasteiger partial charge is 0.261 e. The average molecular weight is 495 g/mol. The van der Waals surface area contributed by atoms with Crippen molar-refractivity contribution in [3.05, 3.63) is 86.0 Å². The van der Waals surface area contributed by atoms with Gasteiger partial charge < -0.3 is 19.0 Å². The molecule has 1 unspecified atom stereocenters. The van der Waals surface area contributed by atoms with Crippen molar-refractivity contribution in [3.63, 3.8) is 0 Å².